The van der Waals surface area contributed by atoms with E-state index in [2.05, 4.69) is 0 Å². The molecule has 0 aromatic heterocycles. The van der Waals surface area contributed by atoms with E-state index in [9.17, 15) is 43.2 Å². The molecule has 0 aromatic rings. The molecule has 0 heterocycles. The minimum atomic E-state index is -7.21. The van der Waals surface area contributed by atoms with Crippen molar-refractivity contribution in [1.82, 2.24) is 0 Å². The number of nitriles is 2. The number of nitrogens with zero attached hydrogens (tertiary/aromatic N) is 4. The number of halogens is 6. The minimum absolute atomic E-state index is 0.355. The molecular formula is C9H2F6N4O4S2. The summed E-state index contributed by atoms with van der Waals surface area (Å²) in [5, 5.41) is -4.47. The van der Waals surface area contributed by atoms with Crippen LogP contribution in [0.25, 0.3) is 9.69 Å². The maximum atomic E-state index is 13.6. The maximum Gasteiger partial charge on any atom is 0.423 e. The minimum Gasteiger partial charge on any atom is -0.279 e. The summed E-state index contributed by atoms with van der Waals surface area (Å²) in [5.74, 6) is -7.21. The molecule has 136 valence electrons. The molecule has 0 rings (SSSR count). The first-order valence-electron chi connectivity index (χ1n) is 5.17. The zero-order valence-electron chi connectivity index (χ0n) is 11.2. The van der Waals surface area contributed by atoms with E-state index in [1.165, 1.54) is 0 Å². The van der Waals surface area contributed by atoms with Crippen LogP contribution in [0.4, 0.5) is 26.3 Å². The van der Waals surface area contributed by atoms with Gasteiger partial charge in [-0.3, -0.25) is 9.69 Å². The van der Waals surface area contributed by atoms with Gasteiger partial charge in [-0.15, -0.1) is 0 Å². The molecule has 0 aromatic carbocycles. The summed E-state index contributed by atoms with van der Waals surface area (Å²) in [6, 6.07) is 0.710. The van der Waals surface area contributed by atoms with E-state index in [-0.39, 0.29) is 0 Å². The number of rotatable bonds is 6. The van der Waals surface area contributed by atoms with Crippen molar-refractivity contribution in [2.24, 2.45) is 0 Å². The fourth-order valence-electron chi connectivity index (χ4n) is 1.14. The van der Waals surface area contributed by atoms with Gasteiger partial charge in [0.15, 0.2) is 12.1 Å². The van der Waals surface area contributed by atoms with E-state index in [0.717, 1.165) is 0 Å². The molecule has 0 saturated carbocycles. The first-order chi connectivity index (χ1) is 11.0. The molecule has 8 nitrogen and oxygen atoms in total. The van der Waals surface area contributed by atoms with E-state index in [4.69, 9.17) is 23.7 Å². The van der Waals surface area contributed by atoms with Crippen molar-refractivity contribution in [2.75, 3.05) is 0 Å². The highest BCUT2D eigenvalue weighted by Crippen LogP contribution is 2.52. The third-order valence-corrected chi connectivity index (χ3v) is 6.03. The van der Waals surface area contributed by atoms with Gasteiger partial charge in [0.2, 0.25) is 0 Å². The Morgan fingerprint density at radius 2 is 1.00 bits per heavy atom. The van der Waals surface area contributed by atoms with Gasteiger partial charge < -0.3 is 0 Å². The molecular weight excluding hydrogens is 406 g/mol. The molecule has 0 aliphatic rings. The third kappa shape index (κ3) is 2.84. The zero-order chi connectivity index (χ0) is 20.5. The molecule has 0 N–H and O–H groups in total. The number of hydrogen-bond donors (Lipinski definition) is 0. The molecule has 2 atom stereocenters. The standard InChI is InChI=1S/C9H2F6N4O4S2/c1-18-5(3-16)24(20,21)8(12,13)7(10,11)9(14,15)25(22,23)6(4-17)19-2/h5-6H. The lowest BCUT2D eigenvalue weighted by Gasteiger charge is -2.30. The second kappa shape index (κ2) is 6.39. The van der Waals surface area contributed by atoms with Crippen molar-refractivity contribution in [3.8, 4) is 12.1 Å². The lowest BCUT2D eigenvalue weighted by Crippen LogP contribution is -2.62. The highest BCUT2D eigenvalue weighted by molar-refractivity contribution is 7.94. The Kier molecular flexibility index (Phi) is 5.74. The lowest BCUT2D eigenvalue weighted by molar-refractivity contribution is -0.243. The number of sulfone groups is 2. The van der Waals surface area contributed by atoms with E-state index in [0.29, 0.717) is 12.1 Å². The Bertz CT molecular complexity index is 829. The highest BCUT2D eigenvalue weighted by atomic mass is 32.2. The lowest BCUT2D eigenvalue weighted by atomic mass is 10.3. The predicted molar refractivity (Wildman–Crippen MR) is 64.7 cm³/mol. The molecule has 2 unspecified atom stereocenters. The van der Waals surface area contributed by atoms with Crippen LogP contribution >= 0.6 is 0 Å². The SMILES string of the molecule is [C-]#[N+]C(C#N)S(=O)(=O)C(F)(F)C(F)(F)C(F)(F)S(=O)(=O)C(C#N)[N+]#[C-]. The molecule has 0 saturated heterocycles. The average molecular weight is 408 g/mol. The summed E-state index contributed by atoms with van der Waals surface area (Å²) in [6.07, 6.45) is 0. The van der Waals surface area contributed by atoms with Gasteiger partial charge >= 0.3 is 46.9 Å². The van der Waals surface area contributed by atoms with Gasteiger partial charge in [0.05, 0.1) is 0 Å². The van der Waals surface area contributed by atoms with Crippen molar-refractivity contribution >= 4 is 19.7 Å². The van der Waals surface area contributed by atoms with Crippen molar-refractivity contribution < 1.29 is 43.2 Å². The molecule has 0 radical (unpaired) electrons. The van der Waals surface area contributed by atoms with Crippen LogP contribution in [0.5, 0.6) is 0 Å². The fourth-order valence-corrected chi connectivity index (χ4v) is 3.29. The van der Waals surface area contributed by atoms with Gasteiger partial charge in [0.1, 0.15) is 0 Å². The Hall–Kier alpha value is -2.56. The first-order valence-corrected chi connectivity index (χ1v) is 8.26. The second-order valence-electron chi connectivity index (χ2n) is 3.92. The van der Waals surface area contributed by atoms with Crippen molar-refractivity contribution in [2.45, 2.75) is 27.2 Å². The van der Waals surface area contributed by atoms with Crippen LogP contribution < -0.4 is 0 Å². The van der Waals surface area contributed by atoms with Crippen LogP contribution in [-0.4, -0.2) is 44.0 Å². The van der Waals surface area contributed by atoms with Crippen molar-refractivity contribution in [3.05, 3.63) is 22.8 Å². The predicted octanol–water partition coefficient (Wildman–Crippen LogP) is 1.17. The van der Waals surface area contributed by atoms with Crippen LogP contribution in [0, 0.1) is 35.8 Å². The zero-order valence-corrected chi connectivity index (χ0v) is 12.8. The summed E-state index contributed by atoms with van der Waals surface area (Å²) < 4.78 is 126. The molecule has 0 aliphatic heterocycles. The molecule has 0 aliphatic carbocycles. The van der Waals surface area contributed by atoms with Gasteiger partial charge in [-0.25, -0.2) is 30.0 Å². The summed E-state index contributed by atoms with van der Waals surface area (Å²) >= 11 is 0. The molecule has 0 spiro atoms. The summed E-state index contributed by atoms with van der Waals surface area (Å²) in [4.78, 5) is 3.52. The normalized spacial score (nSPS) is 15.8. The van der Waals surface area contributed by atoms with E-state index in [1.54, 1.807) is 9.69 Å². The molecule has 16 heteroatoms. The van der Waals surface area contributed by atoms with Gasteiger partial charge in [-0.05, 0) is 0 Å². The van der Waals surface area contributed by atoms with Gasteiger partial charge in [0, 0.05) is 0 Å². The Labute approximate surface area is 136 Å². The highest BCUT2D eigenvalue weighted by Gasteiger charge is 2.85. The topological polar surface area (TPSA) is 125 Å². The summed E-state index contributed by atoms with van der Waals surface area (Å²) in [6.45, 7) is 12.3. The number of alkyl halides is 6. The van der Waals surface area contributed by atoms with E-state index >= 15 is 0 Å². The van der Waals surface area contributed by atoms with Gasteiger partial charge in [-0.2, -0.15) is 36.9 Å². The maximum absolute atomic E-state index is 13.6. The molecule has 0 amide bonds. The summed E-state index contributed by atoms with van der Waals surface area (Å²) in [5.41, 5.74) is 0. The third-order valence-electron chi connectivity index (χ3n) is 2.49. The van der Waals surface area contributed by atoms with Crippen LogP contribution in [0.1, 0.15) is 0 Å². The van der Waals surface area contributed by atoms with Crippen LogP contribution in [-0.2, 0) is 19.7 Å². The Morgan fingerprint density at radius 3 is 1.16 bits per heavy atom. The van der Waals surface area contributed by atoms with E-state index in [1.807, 2.05) is 0 Å². The van der Waals surface area contributed by atoms with Crippen molar-refractivity contribution in [3.63, 3.8) is 0 Å². The molecule has 0 bridgehead atoms. The smallest absolute Gasteiger partial charge is 0.279 e. The largest absolute Gasteiger partial charge is 0.423 e. The summed E-state index contributed by atoms with van der Waals surface area (Å²) in [7, 11) is -13.9. The molecule has 25 heavy (non-hydrogen) atoms. The van der Waals surface area contributed by atoms with Crippen LogP contribution in [0.15, 0.2) is 0 Å². The van der Waals surface area contributed by atoms with Gasteiger partial charge in [0.25, 0.3) is 0 Å². The second-order valence-corrected chi connectivity index (χ2v) is 8.02. The van der Waals surface area contributed by atoms with Crippen LogP contribution in [0.3, 0.4) is 0 Å². The fraction of sp³-hybridized carbons (Fsp3) is 0.556. The van der Waals surface area contributed by atoms with Crippen LogP contribution in [0.2, 0.25) is 0 Å². The van der Waals surface area contributed by atoms with E-state index < -0.39 is 46.9 Å². The van der Waals surface area contributed by atoms with Gasteiger partial charge in [-0.1, -0.05) is 0 Å². The average Bonchev–Trinajstić information content (AvgIpc) is 2.48. The first kappa shape index (κ1) is 22.4. The monoisotopic (exact) mass is 408 g/mol. The Balaban J connectivity index is 6.71. The molecule has 0 fully saturated rings. The quantitative estimate of drug-likeness (QED) is 0.480. The number of hydrogen-bond acceptors (Lipinski definition) is 6. The Morgan fingerprint density at radius 1 is 0.760 bits per heavy atom. The van der Waals surface area contributed by atoms with Crippen molar-refractivity contribution in [1.29, 1.82) is 10.5 Å².